The molecule has 0 spiro atoms. The first-order chi connectivity index (χ1) is 4.85. The summed E-state index contributed by atoms with van der Waals surface area (Å²) in [6, 6.07) is 0. The first kappa shape index (κ1) is 8.61. The molecule has 1 saturated carbocycles. The van der Waals surface area contributed by atoms with Crippen LogP contribution in [-0.4, -0.2) is 37.8 Å². The fraction of sp³-hybridized carbons (Fsp3) is 0.833. The number of aliphatic hydroxyl groups is 4. The van der Waals surface area contributed by atoms with Gasteiger partial charge in [0.2, 0.25) is 11.6 Å². The molecule has 1 fully saturated rings. The maximum atomic E-state index is 10.6. The summed E-state index contributed by atoms with van der Waals surface area (Å²) in [5.41, 5.74) is 0. The first-order valence-corrected chi connectivity index (χ1v) is 3.26. The monoisotopic (exact) mass is 162 g/mol. The van der Waals surface area contributed by atoms with E-state index in [1.54, 1.807) is 0 Å². The van der Waals surface area contributed by atoms with Crippen LogP contribution < -0.4 is 0 Å². The molecule has 64 valence electrons. The van der Waals surface area contributed by atoms with Gasteiger partial charge in [-0.1, -0.05) is 0 Å². The Bertz CT molecular complexity index is 183. The number of Topliss-reactive ketones (excluding diaryl/α,β-unsaturated/α-hetero) is 1. The van der Waals surface area contributed by atoms with Crippen LogP contribution in [0.2, 0.25) is 0 Å². The standard InChI is InChI=1S/C6H10O5/c7-4-1-2-5(8,9)6(10,11)3-4/h8-11H,1-3H2. The van der Waals surface area contributed by atoms with Crippen molar-refractivity contribution in [3.05, 3.63) is 0 Å². The smallest absolute Gasteiger partial charge is 0.225 e. The highest BCUT2D eigenvalue weighted by Gasteiger charge is 2.51. The second-order valence-electron chi connectivity index (χ2n) is 2.85. The van der Waals surface area contributed by atoms with Crippen LogP contribution in [0.4, 0.5) is 0 Å². The van der Waals surface area contributed by atoms with Crippen LogP contribution in [-0.2, 0) is 4.79 Å². The lowest BCUT2D eigenvalue weighted by molar-refractivity contribution is -0.362. The van der Waals surface area contributed by atoms with Crippen molar-refractivity contribution in [3.8, 4) is 0 Å². The third kappa shape index (κ3) is 1.41. The maximum absolute atomic E-state index is 10.6. The maximum Gasteiger partial charge on any atom is 0.225 e. The van der Waals surface area contributed by atoms with E-state index in [0.717, 1.165) is 0 Å². The predicted molar refractivity (Wildman–Crippen MR) is 33.2 cm³/mol. The van der Waals surface area contributed by atoms with Crippen molar-refractivity contribution in [2.75, 3.05) is 0 Å². The van der Waals surface area contributed by atoms with Gasteiger partial charge in [-0.05, 0) is 0 Å². The van der Waals surface area contributed by atoms with Crippen molar-refractivity contribution < 1.29 is 25.2 Å². The first-order valence-electron chi connectivity index (χ1n) is 3.26. The van der Waals surface area contributed by atoms with Crippen LogP contribution >= 0.6 is 0 Å². The molecule has 1 aliphatic rings. The Morgan fingerprint density at radius 3 is 2.00 bits per heavy atom. The van der Waals surface area contributed by atoms with Gasteiger partial charge in [-0.2, -0.15) is 0 Å². The van der Waals surface area contributed by atoms with Gasteiger partial charge in [-0.15, -0.1) is 0 Å². The summed E-state index contributed by atoms with van der Waals surface area (Å²) in [5.74, 6) is -5.63. The van der Waals surface area contributed by atoms with E-state index in [2.05, 4.69) is 0 Å². The molecule has 0 amide bonds. The second kappa shape index (κ2) is 2.25. The van der Waals surface area contributed by atoms with E-state index in [4.69, 9.17) is 20.4 Å². The molecule has 0 aliphatic heterocycles. The fourth-order valence-electron chi connectivity index (χ4n) is 1.02. The lowest BCUT2D eigenvalue weighted by Crippen LogP contribution is -2.58. The minimum atomic E-state index is -2.69. The Morgan fingerprint density at radius 1 is 1.09 bits per heavy atom. The van der Waals surface area contributed by atoms with Crippen LogP contribution in [0.25, 0.3) is 0 Å². The minimum absolute atomic E-state index is 0.0319. The minimum Gasteiger partial charge on any atom is -0.361 e. The topological polar surface area (TPSA) is 98.0 Å². The quantitative estimate of drug-likeness (QED) is 0.312. The molecular weight excluding hydrogens is 152 g/mol. The molecule has 0 aromatic heterocycles. The van der Waals surface area contributed by atoms with Crippen molar-refractivity contribution in [2.24, 2.45) is 0 Å². The van der Waals surface area contributed by atoms with E-state index in [1.807, 2.05) is 0 Å². The molecule has 0 heterocycles. The Hall–Kier alpha value is -0.490. The Morgan fingerprint density at radius 2 is 1.64 bits per heavy atom. The summed E-state index contributed by atoms with van der Waals surface area (Å²) in [6.07, 6.45) is -0.991. The van der Waals surface area contributed by atoms with Gasteiger partial charge in [0, 0.05) is 12.8 Å². The molecule has 1 rings (SSSR count). The highest BCUT2D eigenvalue weighted by Crippen LogP contribution is 2.31. The van der Waals surface area contributed by atoms with Gasteiger partial charge >= 0.3 is 0 Å². The molecule has 0 aromatic carbocycles. The van der Waals surface area contributed by atoms with Crippen LogP contribution in [0, 0.1) is 0 Å². The average molecular weight is 162 g/mol. The number of carbonyl (C=O) groups excluding carboxylic acids is 1. The third-order valence-electron chi connectivity index (χ3n) is 1.84. The van der Waals surface area contributed by atoms with Crippen LogP contribution in [0.3, 0.4) is 0 Å². The van der Waals surface area contributed by atoms with Gasteiger partial charge in [0.05, 0.1) is 6.42 Å². The van der Waals surface area contributed by atoms with E-state index >= 15 is 0 Å². The Labute approximate surface area is 62.9 Å². The van der Waals surface area contributed by atoms with Crippen molar-refractivity contribution >= 4 is 5.78 Å². The summed E-state index contributed by atoms with van der Waals surface area (Å²) >= 11 is 0. The third-order valence-corrected chi connectivity index (χ3v) is 1.84. The summed E-state index contributed by atoms with van der Waals surface area (Å²) in [7, 11) is 0. The molecule has 11 heavy (non-hydrogen) atoms. The zero-order valence-electron chi connectivity index (χ0n) is 5.82. The molecule has 5 nitrogen and oxygen atoms in total. The summed E-state index contributed by atoms with van der Waals surface area (Å²) in [6.45, 7) is 0. The number of hydrogen-bond acceptors (Lipinski definition) is 5. The Kier molecular flexibility index (Phi) is 1.76. The van der Waals surface area contributed by atoms with Crippen molar-refractivity contribution in [1.82, 2.24) is 0 Å². The van der Waals surface area contributed by atoms with E-state index in [9.17, 15) is 4.79 Å². The highest BCUT2D eigenvalue weighted by molar-refractivity contribution is 5.80. The SMILES string of the molecule is O=C1CCC(O)(O)C(O)(O)C1. The number of ketones is 1. The molecular formula is C6H10O5. The van der Waals surface area contributed by atoms with E-state index < -0.39 is 18.0 Å². The zero-order valence-corrected chi connectivity index (χ0v) is 5.82. The van der Waals surface area contributed by atoms with Crippen molar-refractivity contribution in [2.45, 2.75) is 30.8 Å². The van der Waals surface area contributed by atoms with E-state index in [-0.39, 0.29) is 18.6 Å². The molecule has 0 saturated heterocycles. The van der Waals surface area contributed by atoms with Crippen LogP contribution in [0.15, 0.2) is 0 Å². The summed E-state index contributed by atoms with van der Waals surface area (Å²) < 4.78 is 0. The van der Waals surface area contributed by atoms with Gasteiger partial charge < -0.3 is 20.4 Å². The number of carbonyl (C=O) groups is 1. The number of rotatable bonds is 0. The summed E-state index contributed by atoms with van der Waals surface area (Å²) in [4.78, 5) is 10.6. The molecule has 5 heteroatoms. The molecule has 0 aromatic rings. The highest BCUT2D eigenvalue weighted by atomic mass is 16.6. The molecule has 0 unspecified atom stereocenters. The van der Waals surface area contributed by atoms with E-state index in [1.165, 1.54) is 0 Å². The molecule has 0 radical (unpaired) electrons. The average Bonchev–Trinajstić information content (AvgIpc) is 1.80. The second-order valence-corrected chi connectivity index (χ2v) is 2.85. The normalized spacial score (nSPS) is 28.5. The van der Waals surface area contributed by atoms with Crippen molar-refractivity contribution in [1.29, 1.82) is 0 Å². The zero-order chi connectivity index (χ0) is 8.70. The molecule has 0 bridgehead atoms. The molecule has 4 N–H and O–H groups in total. The van der Waals surface area contributed by atoms with Gasteiger partial charge in [-0.25, -0.2) is 0 Å². The van der Waals surface area contributed by atoms with E-state index in [0.29, 0.717) is 0 Å². The Balaban J connectivity index is 2.80. The fourth-order valence-corrected chi connectivity index (χ4v) is 1.02. The van der Waals surface area contributed by atoms with Gasteiger partial charge in [0.1, 0.15) is 5.78 Å². The lowest BCUT2D eigenvalue weighted by Gasteiger charge is -2.37. The van der Waals surface area contributed by atoms with Crippen molar-refractivity contribution in [3.63, 3.8) is 0 Å². The van der Waals surface area contributed by atoms with Crippen LogP contribution in [0.1, 0.15) is 19.3 Å². The number of hydrogen-bond donors (Lipinski definition) is 4. The largest absolute Gasteiger partial charge is 0.361 e. The van der Waals surface area contributed by atoms with Gasteiger partial charge in [-0.3, -0.25) is 4.79 Å². The van der Waals surface area contributed by atoms with Gasteiger partial charge in [0.15, 0.2) is 0 Å². The van der Waals surface area contributed by atoms with Gasteiger partial charge in [0.25, 0.3) is 0 Å². The lowest BCUT2D eigenvalue weighted by atomic mass is 9.87. The molecule has 0 atom stereocenters. The summed E-state index contributed by atoms with van der Waals surface area (Å²) in [5, 5.41) is 35.7. The van der Waals surface area contributed by atoms with Crippen LogP contribution in [0.5, 0.6) is 0 Å². The molecule has 1 aliphatic carbocycles. The predicted octanol–water partition coefficient (Wildman–Crippen LogP) is -1.90.